The summed E-state index contributed by atoms with van der Waals surface area (Å²) in [7, 11) is 0. The molecule has 2 nitrogen and oxygen atoms in total. The molecule has 1 saturated heterocycles. The maximum absolute atomic E-state index is 13.0. The molecule has 1 aliphatic rings. The number of piperazine rings is 1. The molecule has 1 heterocycles. The lowest BCUT2D eigenvalue weighted by atomic mass is 10.1. The molecular weight excluding hydrogens is 203 g/mol. The van der Waals surface area contributed by atoms with Crippen LogP contribution in [0.5, 0.6) is 0 Å². The molecule has 1 fully saturated rings. The van der Waals surface area contributed by atoms with Crippen LogP contribution in [-0.2, 0) is 6.42 Å². The largest absolute Gasteiger partial charge is 0.314 e. The van der Waals surface area contributed by atoms with E-state index in [2.05, 4.69) is 17.1 Å². The Bertz CT molecular complexity index is 334. The van der Waals surface area contributed by atoms with Gasteiger partial charge < -0.3 is 5.32 Å². The van der Waals surface area contributed by atoms with E-state index in [1.165, 1.54) is 6.07 Å². The Morgan fingerprint density at radius 2 is 2.12 bits per heavy atom. The molecule has 1 N–H and O–H groups in total. The van der Waals surface area contributed by atoms with Gasteiger partial charge in [-0.2, -0.15) is 0 Å². The van der Waals surface area contributed by atoms with Gasteiger partial charge in [-0.3, -0.25) is 4.90 Å². The third-order valence-electron chi connectivity index (χ3n) is 3.20. The fourth-order valence-electron chi connectivity index (χ4n) is 2.26. The van der Waals surface area contributed by atoms with Gasteiger partial charge in [-0.1, -0.05) is 12.1 Å². The number of nitrogens with one attached hydrogen (secondary N) is 1. The minimum atomic E-state index is -0.134. The van der Waals surface area contributed by atoms with Gasteiger partial charge in [0, 0.05) is 32.2 Å². The lowest BCUT2D eigenvalue weighted by Gasteiger charge is -2.32. The lowest BCUT2D eigenvalue weighted by molar-refractivity contribution is 0.183. The smallest absolute Gasteiger partial charge is 0.123 e. The summed E-state index contributed by atoms with van der Waals surface area (Å²) >= 11 is 0. The number of hydrogen-bond donors (Lipinski definition) is 1. The average Bonchev–Trinajstić information content (AvgIpc) is 2.30. The van der Waals surface area contributed by atoms with Crippen molar-refractivity contribution in [2.24, 2.45) is 0 Å². The zero-order valence-corrected chi connectivity index (χ0v) is 9.75. The van der Waals surface area contributed by atoms with Crippen molar-refractivity contribution in [2.45, 2.75) is 19.4 Å². The third-order valence-corrected chi connectivity index (χ3v) is 3.20. The van der Waals surface area contributed by atoms with E-state index in [0.717, 1.165) is 38.2 Å². The second-order valence-electron chi connectivity index (χ2n) is 4.47. The van der Waals surface area contributed by atoms with Gasteiger partial charge in [0.25, 0.3) is 0 Å². The Kier molecular flexibility index (Phi) is 3.91. The first-order valence-corrected chi connectivity index (χ1v) is 5.95. The Balaban J connectivity index is 1.93. The summed E-state index contributed by atoms with van der Waals surface area (Å²) in [5.74, 6) is -0.134. The van der Waals surface area contributed by atoms with Crippen LogP contribution in [0.1, 0.15) is 12.5 Å². The van der Waals surface area contributed by atoms with Crippen molar-refractivity contribution in [1.82, 2.24) is 10.2 Å². The molecule has 1 atom stereocenters. The van der Waals surface area contributed by atoms with Crippen molar-refractivity contribution in [3.05, 3.63) is 35.6 Å². The maximum atomic E-state index is 13.0. The second-order valence-corrected chi connectivity index (χ2v) is 4.47. The number of hydrogen-bond acceptors (Lipinski definition) is 2. The van der Waals surface area contributed by atoms with E-state index in [1.54, 1.807) is 12.1 Å². The van der Waals surface area contributed by atoms with Crippen LogP contribution >= 0.6 is 0 Å². The maximum Gasteiger partial charge on any atom is 0.123 e. The van der Waals surface area contributed by atoms with Crippen LogP contribution < -0.4 is 5.32 Å². The number of benzene rings is 1. The summed E-state index contributed by atoms with van der Waals surface area (Å²) < 4.78 is 13.0. The molecule has 0 aromatic heterocycles. The predicted molar refractivity (Wildman–Crippen MR) is 64.0 cm³/mol. The monoisotopic (exact) mass is 222 g/mol. The highest BCUT2D eigenvalue weighted by Crippen LogP contribution is 2.10. The van der Waals surface area contributed by atoms with Crippen molar-refractivity contribution in [3.63, 3.8) is 0 Å². The Morgan fingerprint density at radius 3 is 2.81 bits per heavy atom. The summed E-state index contributed by atoms with van der Waals surface area (Å²) in [6, 6.07) is 7.41. The quantitative estimate of drug-likeness (QED) is 0.836. The molecule has 1 aromatic carbocycles. The average molecular weight is 222 g/mol. The van der Waals surface area contributed by atoms with Gasteiger partial charge in [-0.15, -0.1) is 0 Å². The number of halogens is 1. The molecule has 1 aliphatic heterocycles. The minimum absolute atomic E-state index is 0.134. The van der Waals surface area contributed by atoms with Crippen molar-refractivity contribution in [3.8, 4) is 0 Å². The molecule has 0 bridgehead atoms. The molecule has 0 aliphatic carbocycles. The van der Waals surface area contributed by atoms with Crippen LogP contribution in [0, 0.1) is 5.82 Å². The highest BCUT2D eigenvalue weighted by atomic mass is 19.1. The van der Waals surface area contributed by atoms with Crippen LogP contribution in [0.4, 0.5) is 4.39 Å². The Hall–Kier alpha value is -0.930. The fraction of sp³-hybridized carbons (Fsp3) is 0.538. The minimum Gasteiger partial charge on any atom is -0.314 e. The van der Waals surface area contributed by atoms with Crippen LogP contribution in [0.15, 0.2) is 24.3 Å². The van der Waals surface area contributed by atoms with Crippen molar-refractivity contribution < 1.29 is 4.39 Å². The van der Waals surface area contributed by atoms with Crippen LogP contribution in [0.25, 0.3) is 0 Å². The molecular formula is C13H19FN2. The van der Waals surface area contributed by atoms with E-state index in [1.807, 2.05) is 6.07 Å². The summed E-state index contributed by atoms with van der Waals surface area (Å²) in [5.41, 5.74) is 1.09. The predicted octanol–water partition coefficient (Wildman–Crippen LogP) is 1.66. The van der Waals surface area contributed by atoms with E-state index in [0.29, 0.717) is 6.04 Å². The van der Waals surface area contributed by atoms with Gasteiger partial charge in [-0.05, 0) is 31.0 Å². The van der Waals surface area contributed by atoms with Crippen LogP contribution in [-0.4, -0.2) is 37.1 Å². The molecule has 0 radical (unpaired) electrons. The molecule has 1 aromatic rings. The van der Waals surface area contributed by atoms with E-state index < -0.39 is 0 Å². The molecule has 88 valence electrons. The van der Waals surface area contributed by atoms with E-state index >= 15 is 0 Å². The number of rotatable bonds is 3. The highest BCUT2D eigenvalue weighted by molar-refractivity contribution is 5.17. The van der Waals surface area contributed by atoms with Gasteiger partial charge >= 0.3 is 0 Å². The molecule has 1 unspecified atom stereocenters. The zero-order valence-electron chi connectivity index (χ0n) is 9.75. The normalized spacial score (nSPS) is 19.6. The lowest BCUT2D eigenvalue weighted by Crippen LogP contribution is -2.48. The van der Waals surface area contributed by atoms with E-state index in [9.17, 15) is 4.39 Å². The second kappa shape index (κ2) is 5.41. The summed E-state index contributed by atoms with van der Waals surface area (Å²) in [6.45, 7) is 6.53. The summed E-state index contributed by atoms with van der Waals surface area (Å²) in [4.78, 5) is 2.46. The molecule has 0 spiro atoms. The van der Waals surface area contributed by atoms with Gasteiger partial charge in [0.1, 0.15) is 5.82 Å². The van der Waals surface area contributed by atoms with Gasteiger partial charge in [-0.25, -0.2) is 4.39 Å². The van der Waals surface area contributed by atoms with Crippen molar-refractivity contribution in [1.29, 1.82) is 0 Å². The van der Waals surface area contributed by atoms with Crippen molar-refractivity contribution in [2.75, 3.05) is 26.2 Å². The first-order chi connectivity index (χ1) is 7.75. The Labute approximate surface area is 96.5 Å². The molecule has 2 rings (SSSR count). The van der Waals surface area contributed by atoms with E-state index in [-0.39, 0.29) is 5.82 Å². The SMILES string of the molecule is CC(Cc1cccc(F)c1)N1CCNCC1. The molecule has 3 heteroatoms. The summed E-state index contributed by atoms with van der Waals surface area (Å²) in [5, 5.41) is 3.34. The summed E-state index contributed by atoms with van der Waals surface area (Å²) in [6.07, 6.45) is 0.928. The standard InChI is InChI=1S/C13H19FN2/c1-11(16-7-5-15-6-8-16)9-12-3-2-4-13(14)10-12/h2-4,10-11,15H,5-9H2,1H3. The van der Waals surface area contributed by atoms with Gasteiger partial charge in [0.05, 0.1) is 0 Å². The molecule has 0 amide bonds. The first kappa shape index (κ1) is 11.6. The zero-order chi connectivity index (χ0) is 11.4. The first-order valence-electron chi connectivity index (χ1n) is 5.95. The van der Waals surface area contributed by atoms with Gasteiger partial charge in [0.15, 0.2) is 0 Å². The number of nitrogens with zero attached hydrogens (tertiary/aromatic N) is 1. The third kappa shape index (κ3) is 3.03. The highest BCUT2D eigenvalue weighted by Gasteiger charge is 2.16. The van der Waals surface area contributed by atoms with Crippen molar-refractivity contribution >= 4 is 0 Å². The van der Waals surface area contributed by atoms with Crippen LogP contribution in [0.3, 0.4) is 0 Å². The Morgan fingerprint density at radius 1 is 1.38 bits per heavy atom. The molecule has 16 heavy (non-hydrogen) atoms. The van der Waals surface area contributed by atoms with Gasteiger partial charge in [0.2, 0.25) is 0 Å². The molecule has 0 saturated carbocycles. The fourth-order valence-corrected chi connectivity index (χ4v) is 2.26. The van der Waals surface area contributed by atoms with E-state index in [4.69, 9.17) is 0 Å². The topological polar surface area (TPSA) is 15.3 Å². The van der Waals surface area contributed by atoms with Crippen LogP contribution in [0.2, 0.25) is 0 Å².